The van der Waals surface area contributed by atoms with Crippen molar-refractivity contribution in [3.8, 4) is 0 Å². The van der Waals surface area contributed by atoms with Gasteiger partial charge in [-0.15, -0.1) is 0 Å². The number of rotatable bonds is 8. The minimum Gasteiger partial charge on any atom is -0.370 e. The minimum atomic E-state index is -0.148. The number of carbonyl (C=O) groups excluding carboxylic acids is 2. The van der Waals surface area contributed by atoms with E-state index in [-0.39, 0.29) is 11.7 Å². The molecule has 1 saturated heterocycles. The van der Waals surface area contributed by atoms with Crippen LogP contribution in [0.25, 0.3) is 6.08 Å². The molecule has 0 aromatic heterocycles. The van der Waals surface area contributed by atoms with Crippen LogP contribution in [0.2, 0.25) is 0 Å². The van der Waals surface area contributed by atoms with Gasteiger partial charge in [0.05, 0.1) is 6.54 Å². The molecule has 1 aliphatic heterocycles. The lowest BCUT2D eigenvalue weighted by Gasteiger charge is -2.19. The number of hydrogen-bond donors (Lipinski definition) is 2. The van der Waals surface area contributed by atoms with Gasteiger partial charge in [-0.2, -0.15) is 0 Å². The second-order valence-corrected chi connectivity index (χ2v) is 8.21. The molecule has 1 unspecified atom stereocenters. The van der Waals surface area contributed by atoms with Gasteiger partial charge < -0.3 is 15.5 Å². The standard InChI is InChI=1S/C25H31N3O2/c1-18(2)21-7-4-20(5-8-21)6-13-25(30)27-22-9-11-24(12-10-22)28-15-14-23(17-28)26-16-19(3)29/h4-13,18,23,26H,14-17H2,1-3H3,(H,27,30)/b13-6-. The lowest BCUT2D eigenvalue weighted by molar-refractivity contribution is -0.116. The zero-order valence-corrected chi connectivity index (χ0v) is 18.0. The van der Waals surface area contributed by atoms with Crippen LogP contribution < -0.4 is 15.5 Å². The number of hydrogen-bond acceptors (Lipinski definition) is 4. The Hall–Kier alpha value is -2.92. The smallest absolute Gasteiger partial charge is 0.248 e. The fraction of sp³-hybridized carbons (Fsp3) is 0.360. The highest BCUT2D eigenvalue weighted by Gasteiger charge is 2.22. The van der Waals surface area contributed by atoms with Gasteiger partial charge in [0.25, 0.3) is 0 Å². The Bertz CT molecular complexity index is 886. The predicted octanol–water partition coefficient (Wildman–Crippen LogP) is 4.22. The van der Waals surface area contributed by atoms with Gasteiger partial charge in [0.2, 0.25) is 5.91 Å². The Morgan fingerprint density at radius 1 is 1.10 bits per heavy atom. The molecular formula is C25H31N3O2. The molecule has 5 nitrogen and oxygen atoms in total. The van der Waals surface area contributed by atoms with Gasteiger partial charge in [0.1, 0.15) is 5.78 Å². The highest BCUT2D eigenvalue weighted by molar-refractivity contribution is 6.02. The van der Waals surface area contributed by atoms with Crippen molar-refractivity contribution in [1.29, 1.82) is 0 Å². The van der Waals surface area contributed by atoms with E-state index in [1.54, 1.807) is 13.0 Å². The van der Waals surface area contributed by atoms with Crippen LogP contribution >= 0.6 is 0 Å². The van der Waals surface area contributed by atoms with Crippen molar-refractivity contribution >= 4 is 29.1 Å². The zero-order chi connectivity index (χ0) is 21.5. The van der Waals surface area contributed by atoms with Crippen molar-refractivity contribution in [2.24, 2.45) is 0 Å². The van der Waals surface area contributed by atoms with Crippen molar-refractivity contribution < 1.29 is 9.59 Å². The highest BCUT2D eigenvalue weighted by atomic mass is 16.1. The Balaban J connectivity index is 1.50. The first-order valence-electron chi connectivity index (χ1n) is 10.6. The van der Waals surface area contributed by atoms with Crippen LogP contribution in [0.1, 0.15) is 44.2 Å². The third-order valence-electron chi connectivity index (χ3n) is 5.36. The van der Waals surface area contributed by atoms with Crippen molar-refractivity contribution in [2.45, 2.75) is 39.2 Å². The fourth-order valence-corrected chi connectivity index (χ4v) is 3.55. The van der Waals surface area contributed by atoms with E-state index in [1.165, 1.54) is 5.56 Å². The average molecular weight is 406 g/mol. The van der Waals surface area contributed by atoms with Gasteiger partial charge in [0, 0.05) is 36.6 Å². The Labute approximate surface area is 179 Å². The SMILES string of the molecule is CC(=O)CNC1CCN(c2ccc(NC(=O)/C=C\c3ccc(C(C)C)cc3)cc2)C1. The van der Waals surface area contributed by atoms with Gasteiger partial charge in [-0.05, 0) is 60.7 Å². The molecule has 5 heteroatoms. The monoisotopic (exact) mass is 405 g/mol. The quantitative estimate of drug-likeness (QED) is 0.646. The summed E-state index contributed by atoms with van der Waals surface area (Å²) in [4.78, 5) is 25.7. The molecule has 2 N–H and O–H groups in total. The molecule has 1 atom stereocenters. The molecule has 0 radical (unpaired) electrons. The number of carbonyl (C=O) groups is 2. The number of anilines is 2. The molecule has 0 aliphatic carbocycles. The zero-order valence-electron chi connectivity index (χ0n) is 18.0. The summed E-state index contributed by atoms with van der Waals surface area (Å²) < 4.78 is 0. The van der Waals surface area contributed by atoms with E-state index in [2.05, 4.69) is 41.5 Å². The summed E-state index contributed by atoms with van der Waals surface area (Å²) >= 11 is 0. The summed E-state index contributed by atoms with van der Waals surface area (Å²) in [6.07, 6.45) is 4.41. The third-order valence-corrected chi connectivity index (χ3v) is 5.36. The van der Waals surface area contributed by atoms with E-state index in [0.29, 0.717) is 18.5 Å². The summed E-state index contributed by atoms with van der Waals surface area (Å²) in [6, 6.07) is 16.5. The van der Waals surface area contributed by atoms with Crippen LogP contribution in [-0.2, 0) is 9.59 Å². The highest BCUT2D eigenvalue weighted by Crippen LogP contribution is 2.22. The molecule has 2 aromatic rings. The summed E-state index contributed by atoms with van der Waals surface area (Å²) in [5.41, 5.74) is 4.19. The largest absolute Gasteiger partial charge is 0.370 e. The molecule has 1 aliphatic rings. The summed E-state index contributed by atoms with van der Waals surface area (Å²) in [6.45, 7) is 8.20. The van der Waals surface area contributed by atoms with E-state index in [0.717, 1.165) is 36.4 Å². The van der Waals surface area contributed by atoms with E-state index < -0.39 is 0 Å². The van der Waals surface area contributed by atoms with Crippen molar-refractivity contribution in [2.75, 3.05) is 29.9 Å². The molecule has 2 aromatic carbocycles. The second kappa shape index (κ2) is 10.2. The third kappa shape index (κ3) is 6.29. The molecule has 1 fully saturated rings. The van der Waals surface area contributed by atoms with Crippen LogP contribution in [0, 0.1) is 0 Å². The topological polar surface area (TPSA) is 61.4 Å². The summed E-state index contributed by atoms with van der Waals surface area (Å²) in [5.74, 6) is 0.512. The maximum atomic E-state index is 12.2. The van der Waals surface area contributed by atoms with Crippen LogP contribution in [0.3, 0.4) is 0 Å². The number of ketones is 1. The van der Waals surface area contributed by atoms with E-state index >= 15 is 0 Å². The van der Waals surface area contributed by atoms with Gasteiger partial charge in [0.15, 0.2) is 0 Å². The van der Waals surface area contributed by atoms with E-state index in [1.807, 2.05) is 42.5 Å². The molecule has 0 saturated carbocycles. The molecular weight excluding hydrogens is 374 g/mol. The van der Waals surface area contributed by atoms with Gasteiger partial charge >= 0.3 is 0 Å². The first-order valence-corrected chi connectivity index (χ1v) is 10.6. The average Bonchev–Trinajstić information content (AvgIpc) is 3.21. The van der Waals surface area contributed by atoms with Gasteiger partial charge in [-0.3, -0.25) is 9.59 Å². The molecule has 1 heterocycles. The van der Waals surface area contributed by atoms with Crippen LogP contribution in [0.5, 0.6) is 0 Å². The second-order valence-electron chi connectivity index (χ2n) is 8.21. The lowest BCUT2D eigenvalue weighted by atomic mass is 10.0. The number of benzene rings is 2. The van der Waals surface area contributed by atoms with Crippen LogP contribution in [0.4, 0.5) is 11.4 Å². The summed E-state index contributed by atoms with van der Waals surface area (Å²) in [7, 11) is 0. The fourth-order valence-electron chi connectivity index (χ4n) is 3.55. The molecule has 0 bridgehead atoms. The Morgan fingerprint density at radius 3 is 2.43 bits per heavy atom. The molecule has 0 spiro atoms. The number of amides is 1. The maximum absolute atomic E-state index is 12.2. The lowest BCUT2D eigenvalue weighted by Crippen LogP contribution is -2.35. The first-order chi connectivity index (χ1) is 14.4. The predicted molar refractivity (Wildman–Crippen MR) is 124 cm³/mol. The first kappa shape index (κ1) is 21.8. The van der Waals surface area contributed by atoms with E-state index in [4.69, 9.17) is 0 Å². The molecule has 158 valence electrons. The van der Waals surface area contributed by atoms with Gasteiger partial charge in [-0.1, -0.05) is 38.1 Å². The summed E-state index contributed by atoms with van der Waals surface area (Å²) in [5, 5.41) is 6.21. The van der Waals surface area contributed by atoms with Crippen LogP contribution in [0.15, 0.2) is 54.6 Å². The van der Waals surface area contributed by atoms with Gasteiger partial charge in [-0.25, -0.2) is 0 Å². The minimum absolute atomic E-state index is 0.148. The Morgan fingerprint density at radius 2 is 1.80 bits per heavy atom. The van der Waals surface area contributed by atoms with Crippen molar-refractivity contribution in [3.63, 3.8) is 0 Å². The molecule has 30 heavy (non-hydrogen) atoms. The Kier molecular flexibility index (Phi) is 7.41. The van der Waals surface area contributed by atoms with Crippen molar-refractivity contribution in [1.82, 2.24) is 5.32 Å². The number of nitrogens with one attached hydrogen (secondary N) is 2. The molecule has 3 rings (SSSR count). The maximum Gasteiger partial charge on any atom is 0.248 e. The van der Waals surface area contributed by atoms with Crippen molar-refractivity contribution in [3.05, 3.63) is 65.7 Å². The van der Waals surface area contributed by atoms with E-state index in [9.17, 15) is 9.59 Å². The number of Topliss-reactive ketones (excluding diaryl/α,β-unsaturated/α-hetero) is 1. The molecule has 1 amide bonds. The van der Waals surface area contributed by atoms with Crippen LogP contribution in [-0.4, -0.2) is 37.4 Å². The number of nitrogens with zero attached hydrogens (tertiary/aromatic N) is 1. The normalized spacial score (nSPS) is 16.4.